The molecule has 2 saturated heterocycles. The van der Waals surface area contributed by atoms with Gasteiger partial charge in [-0.15, -0.1) is 0 Å². The summed E-state index contributed by atoms with van der Waals surface area (Å²) in [6.45, 7) is 15.9. The molecular formula is C18H36N2O. The van der Waals surface area contributed by atoms with Gasteiger partial charge >= 0.3 is 0 Å². The van der Waals surface area contributed by atoms with E-state index in [1.165, 1.54) is 51.7 Å². The van der Waals surface area contributed by atoms with Crippen molar-refractivity contribution in [3.8, 4) is 0 Å². The second-order valence-electron chi connectivity index (χ2n) is 8.41. The van der Waals surface area contributed by atoms with Gasteiger partial charge in [0.15, 0.2) is 0 Å². The average molecular weight is 296 g/mol. The quantitative estimate of drug-likeness (QED) is 0.814. The van der Waals surface area contributed by atoms with E-state index in [0.717, 1.165) is 25.7 Å². The zero-order valence-electron chi connectivity index (χ0n) is 14.7. The summed E-state index contributed by atoms with van der Waals surface area (Å²) < 4.78 is 5.76. The molecule has 0 aromatic carbocycles. The third kappa shape index (κ3) is 5.54. The van der Waals surface area contributed by atoms with E-state index in [9.17, 15) is 0 Å². The van der Waals surface area contributed by atoms with Crippen LogP contribution in [0.25, 0.3) is 0 Å². The Morgan fingerprint density at radius 1 is 1.24 bits per heavy atom. The fourth-order valence-electron chi connectivity index (χ4n) is 3.74. The van der Waals surface area contributed by atoms with Gasteiger partial charge in [-0.1, -0.05) is 19.8 Å². The maximum atomic E-state index is 5.76. The minimum atomic E-state index is 0.198. The van der Waals surface area contributed by atoms with E-state index < -0.39 is 0 Å². The molecule has 3 nitrogen and oxygen atoms in total. The summed E-state index contributed by atoms with van der Waals surface area (Å²) in [5, 5.41) is 3.72. The Morgan fingerprint density at radius 3 is 2.48 bits per heavy atom. The van der Waals surface area contributed by atoms with E-state index in [2.05, 4.69) is 37.9 Å². The molecule has 3 heteroatoms. The van der Waals surface area contributed by atoms with Crippen LogP contribution in [0.2, 0.25) is 0 Å². The van der Waals surface area contributed by atoms with Crippen LogP contribution < -0.4 is 5.32 Å². The Kier molecular flexibility index (Phi) is 6.10. The summed E-state index contributed by atoms with van der Waals surface area (Å²) in [6.07, 6.45) is 6.78. The summed E-state index contributed by atoms with van der Waals surface area (Å²) in [5.41, 5.74) is 0.536. The van der Waals surface area contributed by atoms with Crippen LogP contribution >= 0.6 is 0 Å². The van der Waals surface area contributed by atoms with Crippen LogP contribution in [-0.2, 0) is 4.74 Å². The van der Waals surface area contributed by atoms with Crippen molar-refractivity contribution in [2.45, 2.75) is 65.3 Å². The Labute approximate surface area is 131 Å². The summed E-state index contributed by atoms with van der Waals surface area (Å²) >= 11 is 0. The lowest BCUT2D eigenvalue weighted by Gasteiger charge is -2.39. The maximum Gasteiger partial charge on any atom is 0.0547 e. The largest absolute Gasteiger partial charge is 0.381 e. The van der Waals surface area contributed by atoms with Gasteiger partial charge in [-0.25, -0.2) is 0 Å². The molecule has 0 saturated carbocycles. The predicted octanol–water partition coefficient (Wildman–Crippen LogP) is 3.29. The molecule has 2 aliphatic heterocycles. The lowest BCUT2D eigenvalue weighted by Crippen LogP contribution is -2.50. The van der Waals surface area contributed by atoms with Crippen LogP contribution in [0.4, 0.5) is 0 Å². The molecule has 0 bridgehead atoms. The lowest BCUT2D eigenvalue weighted by atomic mass is 9.84. The van der Waals surface area contributed by atoms with Gasteiger partial charge in [-0.05, 0) is 59.0 Å². The Balaban J connectivity index is 1.83. The highest BCUT2D eigenvalue weighted by Crippen LogP contribution is 2.32. The zero-order valence-corrected chi connectivity index (χ0v) is 14.7. The Bertz CT molecular complexity index is 297. The number of hydrogen-bond acceptors (Lipinski definition) is 3. The fraction of sp³-hybridized carbons (Fsp3) is 1.00. The number of ether oxygens (including phenoxy) is 1. The van der Waals surface area contributed by atoms with E-state index in [1.54, 1.807) is 0 Å². The molecule has 124 valence electrons. The van der Waals surface area contributed by atoms with Gasteiger partial charge in [0, 0.05) is 30.7 Å². The second kappa shape index (κ2) is 7.43. The molecule has 0 spiro atoms. The summed E-state index contributed by atoms with van der Waals surface area (Å²) in [5.74, 6) is 0.981. The molecule has 2 heterocycles. The summed E-state index contributed by atoms with van der Waals surface area (Å²) in [6, 6.07) is 0. The van der Waals surface area contributed by atoms with Gasteiger partial charge in [0.05, 0.1) is 6.61 Å². The second-order valence-corrected chi connectivity index (χ2v) is 8.41. The van der Waals surface area contributed by atoms with E-state index in [0.29, 0.717) is 5.41 Å². The van der Waals surface area contributed by atoms with Crippen molar-refractivity contribution in [1.82, 2.24) is 10.2 Å². The van der Waals surface area contributed by atoms with Crippen molar-refractivity contribution in [2.75, 3.05) is 39.4 Å². The van der Waals surface area contributed by atoms with Gasteiger partial charge in [-0.2, -0.15) is 0 Å². The first-order valence-electron chi connectivity index (χ1n) is 8.98. The van der Waals surface area contributed by atoms with Gasteiger partial charge in [0.2, 0.25) is 0 Å². The minimum absolute atomic E-state index is 0.198. The van der Waals surface area contributed by atoms with E-state index in [4.69, 9.17) is 4.74 Å². The van der Waals surface area contributed by atoms with Crippen molar-refractivity contribution in [3.63, 3.8) is 0 Å². The molecular weight excluding hydrogens is 260 g/mol. The Morgan fingerprint density at radius 2 is 1.95 bits per heavy atom. The monoisotopic (exact) mass is 296 g/mol. The summed E-state index contributed by atoms with van der Waals surface area (Å²) in [7, 11) is 0. The van der Waals surface area contributed by atoms with Crippen LogP contribution in [0.15, 0.2) is 0 Å². The third-order valence-corrected chi connectivity index (χ3v) is 5.14. The molecule has 21 heavy (non-hydrogen) atoms. The number of rotatable bonds is 6. The topological polar surface area (TPSA) is 24.5 Å². The number of likely N-dealkylation sites (tertiary alicyclic amines) is 1. The normalized spacial score (nSPS) is 29.1. The van der Waals surface area contributed by atoms with Crippen LogP contribution in [0, 0.1) is 11.3 Å². The van der Waals surface area contributed by atoms with Gasteiger partial charge in [-0.3, -0.25) is 0 Å². The van der Waals surface area contributed by atoms with Crippen molar-refractivity contribution in [2.24, 2.45) is 11.3 Å². The molecule has 2 aliphatic rings. The first-order valence-corrected chi connectivity index (χ1v) is 8.98. The Hall–Kier alpha value is -0.120. The molecule has 0 aromatic rings. The first kappa shape index (κ1) is 17.2. The highest BCUT2D eigenvalue weighted by atomic mass is 16.5. The van der Waals surface area contributed by atoms with E-state index >= 15 is 0 Å². The molecule has 2 fully saturated rings. The van der Waals surface area contributed by atoms with Gasteiger partial charge < -0.3 is 15.0 Å². The number of nitrogens with one attached hydrogen (secondary N) is 1. The number of nitrogens with zero attached hydrogens (tertiary/aromatic N) is 1. The first-order chi connectivity index (χ1) is 9.92. The predicted molar refractivity (Wildman–Crippen MR) is 89.7 cm³/mol. The minimum Gasteiger partial charge on any atom is -0.381 e. The molecule has 0 aromatic heterocycles. The smallest absolute Gasteiger partial charge is 0.0547 e. The highest BCUT2D eigenvalue weighted by molar-refractivity contribution is 4.91. The maximum absolute atomic E-state index is 5.76. The van der Waals surface area contributed by atoms with Crippen molar-refractivity contribution in [1.29, 1.82) is 0 Å². The lowest BCUT2D eigenvalue weighted by molar-refractivity contribution is 0.0817. The van der Waals surface area contributed by atoms with E-state index in [-0.39, 0.29) is 5.54 Å². The molecule has 2 rings (SSSR count). The molecule has 0 radical (unpaired) electrons. The molecule has 0 amide bonds. The fourth-order valence-corrected chi connectivity index (χ4v) is 3.74. The average Bonchev–Trinajstić information content (AvgIpc) is 2.88. The molecule has 0 aliphatic carbocycles. The van der Waals surface area contributed by atoms with Crippen LogP contribution in [0.5, 0.6) is 0 Å². The zero-order chi connectivity index (χ0) is 15.3. The summed E-state index contributed by atoms with van der Waals surface area (Å²) in [4.78, 5) is 2.70. The van der Waals surface area contributed by atoms with Crippen LogP contribution in [-0.4, -0.2) is 49.8 Å². The van der Waals surface area contributed by atoms with Crippen molar-refractivity contribution in [3.05, 3.63) is 0 Å². The number of piperidine rings is 1. The van der Waals surface area contributed by atoms with Gasteiger partial charge in [0.25, 0.3) is 0 Å². The molecule has 1 atom stereocenters. The standard InChI is InChI=1S/C18H36N2O/c1-5-6-16-7-10-20(11-8-16)14-18(9-12-21-15-18)13-19-17(2,3)4/h16,19H,5-15H2,1-4H3. The van der Waals surface area contributed by atoms with Crippen molar-refractivity contribution < 1.29 is 4.74 Å². The SMILES string of the molecule is CCCC1CCN(CC2(CNC(C)(C)C)CCOC2)CC1. The molecule has 1 unspecified atom stereocenters. The van der Waals surface area contributed by atoms with Crippen LogP contribution in [0.1, 0.15) is 59.8 Å². The number of hydrogen-bond donors (Lipinski definition) is 1. The van der Waals surface area contributed by atoms with Crippen LogP contribution in [0.3, 0.4) is 0 Å². The highest BCUT2D eigenvalue weighted by Gasteiger charge is 2.38. The van der Waals surface area contributed by atoms with Gasteiger partial charge in [0.1, 0.15) is 0 Å². The van der Waals surface area contributed by atoms with E-state index in [1.807, 2.05) is 0 Å². The third-order valence-electron chi connectivity index (χ3n) is 5.14. The van der Waals surface area contributed by atoms with Crippen molar-refractivity contribution >= 4 is 0 Å². The molecule has 1 N–H and O–H groups in total.